The van der Waals surface area contributed by atoms with E-state index in [0.29, 0.717) is 0 Å². The molecular weight excluding hydrogens is 213 g/mol. The lowest BCUT2D eigenvalue weighted by Gasteiger charge is -2.04. The monoisotopic (exact) mass is 228 g/mol. The molecule has 1 nitrogen and oxygen atoms in total. The van der Waals surface area contributed by atoms with Gasteiger partial charge in [-0.3, -0.25) is 0 Å². The maximum absolute atomic E-state index is 12.8. The first-order valence-corrected chi connectivity index (χ1v) is 5.64. The molecule has 0 saturated carbocycles. The Balaban J connectivity index is 2.14. The van der Waals surface area contributed by atoms with Crippen molar-refractivity contribution < 1.29 is 4.39 Å². The lowest BCUT2D eigenvalue weighted by atomic mass is 10.0. The smallest absolute Gasteiger partial charge is 0.123 e. The molecule has 2 aromatic carbocycles. The number of nitrogens with one attached hydrogen (secondary N) is 1. The first-order valence-electron chi connectivity index (χ1n) is 5.64. The molecule has 0 bridgehead atoms. The predicted molar refractivity (Wildman–Crippen MR) is 68.9 cm³/mol. The molecule has 0 aliphatic rings. The number of hydrogen-bond donors (Lipinski definition) is 1. The van der Waals surface area contributed by atoms with Gasteiger partial charge in [-0.25, -0.2) is 4.39 Å². The van der Waals surface area contributed by atoms with Gasteiger partial charge in [0, 0.05) is 7.05 Å². The van der Waals surface area contributed by atoms with E-state index >= 15 is 0 Å². The highest BCUT2D eigenvalue weighted by Crippen LogP contribution is 2.20. The van der Waals surface area contributed by atoms with Crippen molar-refractivity contribution in [2.24, 2.45) is 0 Å². The van der Waals surface area contributed by atoms with E-state index in [4.69, 9.17) is 0 Å². The topological polar surface area (TPSA) is 12.0 Å². The summed E-state index contributed by atoms with van der Waals surface area (Å²) in [4.78, 5) is 0. The van der Waals surface area contributed by atoms with Crippen LogP contribution in [0.1, 0.15) is 5.56 Å². The molecule has 0 spiro atoms. The molecule has 0 aromatic heterocycles. The average Bonchev–Trinajstić information content (AvgIpc) is 2.38. The largest absolute Gasteiger partial charge is 0.315 e. The predicted octanol–water partition coefficient (Wildman–Crippen LogP) is 3.42. The third kappa shape index (κ3) is 3.14. The maximum Gasteiger partial charge on any atom is 0.123 e. The van der Waals surface area contributed by atoms with E-state index < -0.39 is 0 Å². The molecule has 0 aliphatic carbocycles. The van der Waals surface area contributed by atoms with Crippen LogP contribution in [0.15, 0.2) is 48.5 Å². The fourth-order valence-electron chi connectivity index (χ4n) is 1.74. The van der Waals surface area contributed by atoms with Crippen molar-refractivity contribution >= 4 is 0 Å². The van der Waals surface area contributed by atoms with Crippen LogP contribution in [0.3, 0.4) is 0 Å². The summed E-state index contributed by atoms with van der Waals surface area (Å²) in [6.07, 6.45) is 0.965. The van der Waals surface area contributed by atoms with Gasteiger partial charge < -0.3 is 5.32 Å². The molecule has 2 rings (SSSR count). The Morgan fingerprint density at radius 3 is 1.94 bits per heavy atom. The van der Waals surface area contributed by atoms with Crippen molar-refractivity contribution in [3.05, 3.63) is 67.0 Å². The summed E-state index contributed by atoms with van der Waals surface area (Å²) >= 11 is 0. The Labute approximate surface area is 101 Å². The number of halogens is 1. The van der Waals surface area contributed by atoms with Crippen LogP contribution >= 0.6 is 0 Å². The quantitative estimate of drug-likeness (QED) is 0.845. The lowest BCUT2D eigenvalue weighted by molar-refractivity contribution is 0.628. The van der Waals surface area contributed by atoms with E-state index in [1.54, 1.807) is 12.1 Å². The van der Waals surface area contributed by atoms with Crippen molar-refractivity contribution in [2.75, 3.05) is 6.54 Å². The molecule has 0 fully saturated rings. The zero-order chi connectivity index (χ0) is 12.1. The molecule has 2 heteroatoms. The standard InChI is InChI=1S/C15H15FN/c1-17-11-10-12-2-4-13(5-3-12)14-6-8-15(16)9-7-14/h2-9,17H,1,10-11H2. The van der Waals surface area contributed by atoms with Crippen LogP contribution in [-0.2, 0) is 6.42 Å². The molecule has 1 radical (unpaired) electrons. The van der Waals surface area contributed by atoms with E-state index in [2.05, 4.69) is 36.6 Å². The Morgan fingerprint density at radius 2 is 1.41 bits per heavy atom. The van der Waals surface area contributed by atoms with Gasteiger partial charge in [0.2, 0.25) is 0 Å². The SMILES string of the molecule is [CH2]NCCc1ccc(-c2ccc(F)cc2)cc1. The van der Waals surface area contributed by atoms with Crippen molar-refractivity contribution in [3.8, 4) is 11.1 Å². The molecule has 0 saturated heterocycles. The highest BCUT2D eigenvalue weighted by molar-refractivity contribution is 5.63. The molecule has 0 amide bonds. The molecule has 0 aliphatic heterocycles. The van der Waals surface area contributed by atoms with Gasteiger partial charge in [0.25, 0.3) is 0 Å². The fourth-order valence-corrected chi connectivity index (χ4v) is 1.74. The summed E-state index contributed by atoms with van der Waals surface area (Å²) in [6, 6.07) is 14.9. The number of hydrogen-bond acceptors (Lipinski definition) is 1. The van der Waals surface area contributed by atoms with E-state index in [1.165, 1.54) is 17.7 Å². The molecular formula is C15H15FN. The summed E-state index contributed by atoms with van der Waals surface area (Å²) in [5.74, 6) is -0.202. The van der Waals surface area contributed by atoms with Gasteiger partial charge in [-0.2, -0.15) is 0 Å². The highest BCUT2D eigenvalue weighted by atomic mass is 19.1. The van der Waals surface area contributed by atoms with Gasteiger partial charge >= 0.3 is 0 Å². The van der Waals surface area contributed by atoms with Crippen LogP contribution < -0.4 is 5.32 Å². The lowest BCUT2D eigenvalue weighted by Crippen LogP contribution is -2.07. The summed E-state index contributed by atoms with van der Waals surface area (Å²) < 4.78 is 12.8. The Bertz CT molecular complexity index is 459. The minimum atomic E-state index is -0.202. The van der Waals surface area contributed by atoms with Crippen molar-refractivity contribution in [2.45, 2.75) is 6.42 Å². The highest BCUT2D eigenvalue weighted by Gasteiger charge is 1.98. The average molecular weight is 228 g/mol. The number of rotatable bonds is 4. The normalized spacial score (nSPS) is 10.5. The number of benzene rings is 2. The first kappa shape index (κ1) is 11.8. The van der Waals surface area contributed by atoms with Gasteiger partial charge in [-0.05, 0) is 41.8 Å². The van der Waals surface area contributed by atoms with Crippen LogP contribution in [0.2, 0.25) is 0 Å². The van der Waals surface area contributed by atoms with Crippen molar-refractivity contribution in [1.82, 2.24) is 5.32 Å². The van der Waals surface area contributed by atoms with Crippen molar-refractivity contribution in [1.29, 1.82) is 0 Å². The van der Waals surface area contributed by atoms with Gasteiger partial charge in [0.15, 0.2) is 0 Å². The van der Waals surface area contributed by atoms with E-state index in [9.17, 15) is 4.39 Å². The summed E-state index contributed by atoms with van der Waals surface area (Å²) in [6.45, 7) is 0.871. The van der Waals surface area contributed by atoms with Crippen LogP contribution in [0.25, 0.3) is 11.1 Å². The molecule has 0 atom stereocenters. The zero-order valence-corrected chi connectivity index (χ0v) is 9.62. The minimum Gasteiger partial charge on any atom is -0.315 e. The Morgan fingerprint density at radius 1 is 0.882 bits per heavy atom. The van der Waals surface area contributed by atoms with Gasteiger partial charge in [0.1, 0.15) is 5.82 Å². The van der Waals surface area contributed by atoms with Gasteiger partial charge in [-0.1, -0.05) is 36.4 Å². The third-order valence-corrected chi connectivity index (χ3v) is 2.72. The molecule has 0 unspecified atom stereocenters. The molecule has 0 heterocycles. The molecule has 1 N–H and O–H groups in total. The minimum absolute atomic E-state index is 0.202. The van der Waals surface area contributed by atoms with Crippen LogP contribution in [0, 0.1) is 12.9 Å². The summed E-state index contributed by atoms with van der Waals surface area (Å²) in [5, 5.41) is 2.88. The van der Waals surface area contributed by atoms with Crippen LogP contribution in [0.4, 0.5) is 4.39 Å². The molecule has 87 valence electrons. The second kappa shape index (κ2) is 5.60. The second-order valence-electron chi connectivity index (χ2n) is 3.95. The van der Waals surface area contributed by atoms with E-state index in [1.807, 2.05) is 0 Å². The van der Waals surface area contributed by atoms with Crippen molar-refractivity contribution in [3.63, 3.8) is 0 Å². The van der Waals surface area contributed by atoms with E-state index in [-0.39, 0.29) is 5.82 Å². The summed E-state index contributed by atoms with van der Waals surface area (Å²) in [5.41, 5.74) is 3.41. The first-order chi connectivity index (χ1) is 8.29. The maximum atomic E-state index is 12.8. The van der Waals surface area contributed by atoms with E-state index in [0.717, 1.165) is 24.1 Å². The van der Waals surface area contributed by atoms with Crippen LogP contribution in [0.5, 0.6) is 0 Å². The third-order valence-electron chi connectivity index (χ3n) is 2.72. The van der Waals surface area contributed by atoms with Crippen LogP contribution in [-0.4, -0.2) is 6.54 Å². The molecule has 17 heavy (non-hydrogen) atoms. The second-order valence-corrected chi connectivity index (χ2v) is 3.95. The van der Waals surface area contributed by atoms with Gasteiger partial charge in [0.05, 0.1) is 0 Å². The summed E-state index contributed by atoms with van der Waals surface area (Å²) in [7, 11) is 3.59. The Kier molecular flexibility index (Phi) is 3.89. The zero-order valence-electron chi connectivity index (χ0n) is 9.62. The molecule has 2 aromatic rings. The Hall–Kier alpha value is -1.67. The van der Waals surface area contributed by atoms with Gasteiger partial charge in [-0.15, -0.1) is 0 Å². The fraction of sp³-hybridized carbons (Fsp3) is 0.133.